The molecule has 0 radical (unpaired) electrons. The zero-order valence-corrected chi connectivity index (χ0v) is 11.2. The average Bonchev–Trinajstić information content (AvgIpc) is 2.89. The molecule has 1 aromatic carbocycles. The van der Waals surface area contributed by atoms with Gasteiger partial charge in [-0.05, 0) is 30.5 Å². The van der Waals surface area contributed by atoms with E-state index in [0.29, 0.717) is 0 Å². The van der Waals surface area contributed by atoms with Crippen molar-refractivity contribution in [3.63, 3.8) is 0 Å². The second-order valence-electron chi connectivity index (χ2n) is 4.62. The van der Waals surface area contributed by atoms with Gasteiger partial charge in [-0.3, -0.25) is 0 Å². The number of benzene rings is 1. The highest BCUT2D eigenvalue weighted by Crippen LogP contribution is 2.31. The third-order valence-electron chi connectivity index (χ3n) is 3.34. The summed E-state index contributed by atoms with van der Waals surface area (Å²) in [5.41, 5.74) is 7.40. The molecule has 0 heterocycles. The lowest BCUT2D eigenvalue weighted by molar-refractivity contribution is 0.414. The number of thioether (sulfide) groups is 1. The van der Waals surface area contributed by atoms with E-state index in [1.165, 1.54) is 31.2 Å². The Morgan fingerprint density at radius 1 is 1.41 bits per heavy atom. The van der Waals surface area contributed by atoms with Crippen LogP contribution in [0.1, 0.15) is 37.3 Å². The van der Waals surface area contributed by atoms with Gasteiger partial charge in [0.2, 0.25) is 0 Å². The number of hydrogen-bond donors (Lipinski definition) is 1. The maximum absolute atomic E-state index is 6.22. The van der Waals surface area contributed by atoms with E-state index in [1.54, 1.807) is 7.11 Å². The fourth-order valence-electron chi connectivity index (χ4n) is 2.26. The van der Waals surface area contributed by atoms with Crippen molar-refractivity contribution in [3.05, 3.63) is 29.8 Å². The zero-order chi connectivity index (χ0) is 12.1. The van der Waals surface area contributed by atoms with Gasteiger partial charge in [0.25, 0.3) is 0 Å². The highest BCUT2D eigenvalue weighted by molar-refractivity contribution is 7.99. The lowest BCUT2D eigenvalue weighted by atomic mass is 10.1. The Morgan fingerprint density at radius 2 is 2.18 bits per heavy atom. The number of hydrogen-bond acceptors (Lipinski definition) is 3. The Bertz CT molecular complexity index is 350. The summed E-state index contributed by atoms with van der Waals surface area (Å²) in [6.45, 7) is 0. The quantitative estimate of drug-likeness (QED) is 0.871. The predicted octanol–water partition coefficient (Wildman–Crippen LogP) is 3.37. The van der Waals surface area contributed by atoms with Crippen LogP contribution in [-0.4, -0.2) is 18.1 Å². The SMILES string of the molecule is COc1cccc(C(N)CSC2CCCC2)c1. The van der Waals surface area contributed by atoms with Gasteiger partial charge in [-0.15, -0.1) is 0 Å². The van der Waals surface area contributed by atoms with Crippen LogP contribution in [0.2, 0.25) is 0 Å². The molecule has 1 atom stereocenters. The van der Waals surface area contributed by atoms with Gasteiger partial charge in [0.05, 0.1) is 7.11 Å². The van der Waals surface area contributed by atoms with Gasteiger partial charge < -0.3 is 10.5 Å². The van der Waals surface area contributed by atoms with Crippen molar-refractivity contribution in [1.29, 1.82) is 0 Å². The summed E-state index contributed by atoms with van der Waals surface area (Å²) in [6.07, 6.45) is 5.53. The van der Waals surface area contributed by atoms with E-state index in [-0.39, 0.29) is 6.04 Å². The topological polar surface area (TPSA) is 35.2 Å². The molecule has 17 heavy (non-hydrogen) atoms. The van der Waals surface area contributed by atoms with Gasteiger partial charge in [-0.1, -0.05) is 25.0 Å². The molecule has 0 aromatic heterocycles. The molecule has 0 saturated heterocycles. The second-order valence-corrected chi connectivity index (χ2v) is 5.96. The first-order valence-electron chi connectivity index (χ1n) is 6.30. The third-order valence-corrected chi connectivity index (χ3v) is 4.83. The van der Waals surface area contributed by atoms with Crippen molar-refractivity contribution >= 4 is 11.8 Å². The molecule has 1 fully saturated rings. The van der Waals surface area contributed by atoms with Crippen LogP contribution in [0.15, 0.2) is 24.3 Å². The van der Waals surface area contributed by atoms with Crippen molar-refractivity contribution in [2.45, 2.75) is 37.0 Å². The molecular weight excluding hydrogens is 230 g/mol. The van der Waals surface area contributed by atoms with Gasteiger partial charge >= 0.3 is 0 Å². The fourth-order valence-corrected chi connectivity index (χ4v) is 3.60. The van der Waals surface area contributed by atoms with Gasteiger partial charge in [-0.25, -0.2) is 0 Å². The maximum Gasteiger partial charge on any atom is 0.119 e. The van der Waals surface area contributed by atoms with E-state index in [2.05, 4.69) is 6.07 Å². The summed E-state index contributed by atoms with van der Waals surface area (Å²) in [6, 6.07) is 8.22. The van der Waals surface area contributed by atoms with E-state index in [0.717, 1.165) is 16.8 Å². The molecule has 0 bridgehead atoms. The summed E-state index contributed by atoms with van der Waals surface area (Å²) < 4.78 is 5.22. The molecule has 94 valence electrons. The first-order valence-corrected chi connectivity index (χ1v) is 7.35. The van der Waals surface area contributed by atoms with E-state index in [1.807, 2.05) is 30.0 Å². The largest absolute Gasteiger partial charge is 0.497 e. The Balaban J connectivity index is 1.87. The lowest BCUT2D eigenvalue weighted by Gasteiger charge is -2.15. The summed E-state index contributed by atoms with van der Waals surface area (Å²) in [5, 5.41) is 0.839. The molecule has 1 aliphatic carbocycles. The molecule has 1 aromatic rings. The predicted molar refractivity (Wildman–Crippen MR) is 74.6 cm³/mol. The Kier molecular flexibility index (Phi) is 4.75. The molecule has 2 N–H and O–H groups in total. The number of ether oxygens (including phenoxy) is 1. The molecule has 3 heteroatoms. The first-order chi connectivity index (χ1) is 8.29. The highest BCUT2D eigenvalue weighted by atomic mass is 32.2. The maximum atomic E-state index is 6.22. The van der Waals surface area contributed by atoms with Crippen LogP contribution in [0.4, 0.5) is 0 Å². The second kappa shape index (κ2) is 6.31. The Morgan fingerprint density at radius 3 is 2.88 bits per heavy atom. The summed E-state index contributed by atoms with van der Waals surface area (Å²) in [7, 11) is 1.69. The minimum atomic E-state index is 0.121. The molecule has 1 unspecified atom stereocenters. The molecule has 0 aliphatic heterocycles. The minimum absolute atomic E-state index is 0.121. The average molecular weight is 251 g/mol. The van der Waals surface area contributed by atoms with Crippen LogP contribution in [0, 0.1) is 0 Å². The van der Waals surface area contributed by atoms with Gasteiger partial charge in [0.15, 0.2) is 0 Å². The minimum Gasteiger partial charge on any atom is -0.497 e. The fraction of sp³-hybridized carbons (Fsp3) is 0.571. The van der Waals surface area contributed by atoms with Crippen molar-refractivity contribution < 1.29 is 4.74 Å². The van der Waals surface area contributed by atoms with Crippen LogP contribution in [0.25, 0.3) is 0 Å². The van der Waals surface area contributed by atoms with E-state index < -0.39 is 0 Å². The van der Waals surface area contributed by atoms with Gasteiger partial charge in [0.1, 0.15) is 5.75 Å². The third kappa shape index (κ3) is 3.65. The molecule has 0 amide bonds. The van der Waals surface area contributed by atoms with Crippen molar-refractivity contribution in [2.75, 3.05) is 12.9 Å². The Labute approximate surface area is 108 Å². The number of rotatable bonds is 5. The molecule has 0 spiro atoms. The smallest absolute Gasteiger partial charge is 0.119 e. The van der Waals surface area contributed by atoms with Crippen molar-refractivity contribution in [3.8, 4) is 5.75 Å². The molecular formula is C14H21NOS. The summed E-state index contributed by atoms with van der Waals surface area (Å²) in [4.78, 5) is 0. The Hall–Kier alpha value is -0.670. The molecule has 1 aliphatic rings. The van der Waals surface area contributed by atoms with E-state index >= 15 is 0 Å². The van der Waals surface area contributed by atoms with E-state index in [9.17, 15) is 0 Å². The van der Waals surface area contributed by atoms with Gasteiger partial charge in [0, 0.05) is 17.0 Å². The van der Waals surface area contributed by atoms with Gasteiger partial charge in [-0.2, -0.15) is 11.8 Å². The van der Waals surface area contributed by atoms with Crippen LogP contribution < -0.4 is 10.5 Å². The summed E-state index contributed by atoms with van der Waals surface area (Å²) >= 11 is 2.03. The molecule has 2 rings (SSSR count). The van der Waals surface area contributed by atoms with Crippen LogP contribution in [-0.2, 0) is 0 Å². The standard InChI is InChI=1S/C14H21NOS/c1-16-12-6-4-5-11(9-12)14(15)10-17-13-7-2-3-8-13/h4-6,9,13-14H,2-3,7-8,10,15H2,1H3. The van der Waals surface area contributed by atoms with Crippen LogP contribution >= 0.6 is 11.8 Å². The number of methoxy groups -OCH3 is 1. The van der Waals surface area contributed by atoms with Crippen molar-refractivity contribution in [2.24, 2.45) is 5.73 Å². The van der Waals surface area contributed by atoms with Crippen molar-refractivity contribution in [1.82, 2.24) is 0 Å². The number of nitrogens with two attached hydrogens (primary N) is 1. The summed E-state index contributed by atoms with van der Waals surface area (Å²) in [5.74, 6) is 1.90. The zero-order valence-electron chi connectivity index (χ0n) is 10.4. The molecule has 2 nitrogen and oxygen atoms in total. The van der Waals surface area contributed by atoms with E-state index in [4.69, 9.17) is 10.5 Å². The normalized spacial score (nSPS) is 18.2. The molecule has 1 saturated carbocycles. The lowest BCUT2D eigenvalue weighted by Crippen LogP contribution is -2.14. The highest BCUT2D eigenvalue weighted by Gasteiger charge is 2.17. The van der Waals surface area contributed by atoms with Crippen LogP contribution in [0.5, 0.6) is 5.75 Å². The first kappa shape index (κ1) is 12.8. The van der Waals surface area contributed by atoms with Crippen LogP contribution in [0.3, 0.4) is 0 Å². The monoisotopic (exact) mass is 251 g/mol.